The molecule has 3 aliphatic rings. The zero-order chi connectivity index (χ0) is 29.9. The van der Waals surface area contributed by atoms with E-state index in [9.17, 15) is 24.5 Å². The molecule has 42 heavy (non-hydrogen) atoms. The maximum atomic E-state index is 14.3. The van der Waals surface area contributed by atoms with Crippen LogP contribution in [0.3, 0.4) is 0 Å². The number of nitro groups is 1. The molecule has 4 atom stereocenters. The van der Waals surface area contributed by atoms with E-state index in [2.05, 4.69) is 20.8 Å². The van der Waals surface area contributed by atoms with E-state index in [4.69, 9.17) is 9.57 Å². The third kappa shape index (κ3) is 4.38. The molecule has 11 heteroatoms. The average Bonchev–Trinajstić information content (AvgIpc) is 3.62. The number of amides is 2. The van der Waals surface area contributed by atoms with Gasteiger partial charge in [-0.2, -0.15) is 0 Å². The number of para-hydroxylation sites is 2. The van der Waals surface area contributed by atoms with E-state index in [1.165, 1.54) is 29.6 Å². The molecule has 2 amide bonds. The van der Waals surface area contributed by atoms with Gasteiger partial charge in [0.05, 0.1) is 28.8 Å². The molecular weight excluding hydrogens is 558 g/mol. The lowest BCUT2D eigenvalue weighted by molar-refractivity contribution is -0.385. The van der Waals surface area contributed by atoms with Crippen molar-refractivity contribution in [1.82, 2.24) is 0 Å². The minimum Gasteiger partial charge on any atom is -0.465 e. The number of hydroxylamine groups is 1. The summed E-state index contributed by atoms with van der Waals surface area (Å²) in [5.41, 5.74) is 1.75. The van der Waals surface area contributed by atoms with Gasteiger partial charge in [-0.05, 0) is 54.4 Å². The Hall–Kier alpha value is -4.09. The third-order valence-corrected chi connectivity index (χ3v) is 9.88. The predicted molar refractivity (Wildman–Crippen MR) is 156 cm³/mol. The molecule has 10 nitrogen and oxygen atoms in total. The van der Waals surface area contributed by atoms with Crippen LogP contribution in [0.4, 0.5) is 16.4 Å². The van der Waals surface area contributed by atoms with Gasteiger partial charge in [0, 0.05) is 10.9 Å². The van der Waals surface area contributed by atoms with Crippen LogP contribution in [0.15, 0.2) is 54.6 Å². The van der Waals surface area contributed by atoms with Gasteiger partial charge in [0.15, 0.2) is 6.10 Å². The maximum Gasteiger partial charge on any atom is 0.341 e. The van der Waals surface area contributed by atoms with E-state index >= 15 is 0 Å². The fourth-order valence-corrected chi connectivity index (χ4v) is 7.84. The molecule has 2 aliphatic heterocycles. The zero-order valence-electron chi connectivity index (χ0n) is 23.7. The van der Waals surface area contributed by atoms with E-state index in [0.29, 0.717) is 18.0 Å². The summed E-state index contributed by atoms with van der Waals surface area (Å²) in [6, 6.07) is 14.1. The number of ether oxygens (including phenoxy) is 1. The minimum atomic E-state index is -1.23. The van der Waals surface area contributed by atoms with Gasteiger partial charge in [-0.1, -0.05) is 51.1 Å². The number of imide groups is 1. The molecule has 3 aromatic rings. The highest BCUT2D eigenvalue weighted by Gasteiger charge is 2.62. The van der Waals surface area contributed by atoms with Crippen molar-refractivity contribution in [3.63, 3.8) is 0 Å². The number of fused-ring (bicyclic) bond motifs is 2. The SMILES string of the molecule is COC(=O)c1c(N2C(=O)[C@H]3[C@H](ON(c4ccccc4)[C@H]3c3ccccc3[N+](=O)[O-])C2=O)sc2c1CC[C@H](C(C)(C)C)C2. The van der Waals surface area contributed by atoms with Crippen LogP contribution in [0.25, 0.3) is 0 Å². The van der Waals surface area contributed by atoms with Crippen LogP contribution in [-0.4, -0.2) is 35.9 Å². The number of nitrogens with zero attached hydrogens (tertiary/aromatic N) is 3. The fraction of sp³-hybridized carbons (Fsp3) is 0.387. The first-order valence-electron chi connectivity index (χ1n) is 13.9. The van der Waals surface area contributed by atoms with Crippen LogP contribution < -0.4 is 9.96 Å². The van der Waals surface area contributed by atoms with Gasteiger partial charge in [-0.25, -0.2) is 14.8 Å². The van der Waals surface area contributed by atoms with Gasteiger partial charge in [-0.3, -0.25) is 24.5 Å². The van der Waals surface area contributed by atoms with Gasteiger partial charge in [0.1, 0.15) is 17.0 Å². The molecule has 0 spiro atoms. The smallest absolute Gasteiger partial charge is 0.341 e. The van der Waals surface area contributed by atoms with Gasteiger partial charge in [-0.15, -0.1) is 11.3 Å². The first-order chi connectivity index (χ1) is 20.0. The largest absolute Gasteiger partial charge is 0.465 e. The lowest BCUT2D eigenvalue weighted by atomic mass is 9.72. The number of nitro benzene ring substituents is 1. The van der Waals surface area contributed by atoms with Crippen molar-refractivity contribution < 1.29 is 28.9 Å². The van der Waals surface area contributed by atoms with Crippen LogP contribution in [0.1, 0.15) is 59.6 Å². The Bertz CT molecular complexity index is 1600. The van der Waals surface area contributed by atoms with E-state index in [0.717, 1.165) is 28.2 Å². The lowest BCUT2D eigenvalue weighted by Gasteiger charge is -2.33. The second-order valence-corrected chi connectivity index (χ2v) is 13.1. The van der Waals surface area contributed by atoms with Crippen molar-refractivity contribution in [1.29, 1.82) is 0 Å². The summed E-state index contributed by atoms with van der Waals surface area (Å²) in [6.45, 7) is 6.56. The van der Waals surface area contributed by atoms with Crippen molar-refractivity contribution >= 4 is 45.5 Å². The maximum absolute atomic E-state index is 14.3. The summed E-state index contributed by atoms with van der Waals surface area (Å²) in [4.78, 5) is 61.2. The van der Waals surface area contributed by atoms with Crippen LogP contribution in [0.5, 0.6) is 0 Å². The van der Waals surface area contributed by atoms with Gasteiger partial charge < -0.3 is 4.74 Å². The zero-order valence-corrected chi connectivity index (χ0v) is 24.6. The lowest BCUT2D eigenvalue weighted by Crippen LogP contribution is -2.37. The Morgan fingerprint density at radius 1 is 1.07 bits per heavy atom. The van der Waals surface area contributed by atoms with Crippen LogP contribution in [0.2, 0.25) is 0 Å². The summed E-state index contributed by atoms with van der Waals surface area (Å²) in [5.74, 6) is -2.48. The summed E-state index contributed by atoms with van der Waals surface area (Å²) in [7, 11) is 1.28. The minimum absolute atomic E-state index is 0.0515. The number of carbonyl (C=O) groups excluding carboxylic acids is 3. The third-order valence-electron chi connectivity index (χ3n) is 8.64. The second-order valence-electron chi connectivity index (χ2n) is 12.0. The summed E-state index contributed by atoms with van der Waals surface area (Å²) in [5, 5.41) is 13.7. The standard InChI is InChI=1S/C31H31N3O7S/c1-31(2,3)17-14-15-20-22(16-17)42-29(23(20)30(37)40-4)32-27(35)24-25(19-12-8-9-13-21(19)34(38)39)33(41-26(24)28(32)36)18-10-6-5-7-11-18/h5-13,17,24-26H,14-16H2,1-4H3/t17-,24+,25-,26-/m0/s1. The molecule has 1 aliphatic carbocycles. The number of thiophene rings is 1. The van der Waals surface area contributed by atoms with Crippen LogP contribution in [-0.2, 0) is 32.0 Å². The molecule has 0 N–H and O–H groups in total. The molecule has 1 aromatic heterocycles. The van der Waals surface area contributed by atoms with Crippen molar-refractivity contribution in [3.05, 3.63) is 86.3 Å². The molecule has 2 aromatic carbocycles. The van der Waals surface area contributed by atoms with Crippen molar-refractivity contribution in [2.24, 2.45) is 17.3 Å². The topological polar surface area (TPSA) is 119 Å². The van der Waals surface area contributed by atoms with E-state index in [1.807, 2.05) is 6.07 Å². The van der Waals surface area contributed by atoms with Crippen molar-refractivity contribution in [2.75, 3.05) is 17.1 Å². The Kier molecular flexibility index (Phi) is 6.89. The highest BCUT2D eigenvalue weighted by molar-refractivity contribution is 7.17. The number of benzene rings is 2. The molecule has 0 saturated carbocycles. The highest BCUT2D eigenvalue weighted by atomic mass is 32.1. The summed E-state index contributed by atoms with van der Waals surface area (Å²) >= 11 is 1.28. The monoisotopic (exact) mass is 589 g/mol. The normalized spacial score (nSPS) is 23.6. The molecular formula is C31H31N3O7S. The quantitative estimate of drug-likeness (QED) is 0.162. The molecule has 3 heterocycles. The molecule has 2 fully saturated rings. The van der Waals surface area contributed by atoms with E-state index in [1.54, 1.807) is 42.5 Å². The number of esters is 1. The Balaban J connectivity index is 1.46. The first kappa shape index (κ1) is 28.0. The van der Waals surface area contributed by atoms with Crippen LogP contribution in [0, 0.1) is 27.4 Å². The van der Waals surface area contributed by atoms with E-state index < -0.39 is 40.8 Å². The number of hydrogen-bond donors (Lipinski definition) is 0. The predicted octanol–water partition coefficient (Wildman–Crippen LogP) is 5.65. The highest BCUT2D eigenvalue weighted by Crippen LogP contribution is 2.52. The molecule has 0 unspecified atom stereocenters. The Morgan fingerprint density at radius 2 is 1.76 bits per heavy atom. The number of rotatable bonds is 5. The molecule has 2 saturated heterocycles. The summed E-state index contributed by atoms with van der Waals surface area (Å²) < 4.78 is 5.13. The molecule has 218 valence electrons. The van der Waals surface area contributed by atoms with Crippen molar-refractivity contribution in [3.8, 4) is 0 Å². The molecule has 6 rings (SSSR count). The molecule has 0 bridgehead atoms. The number of hydrogen-bond acceptors (Lipinski definition) is 9. The number of methoxy groups -OCH3 is 1. The van der Waals surface area contributed by atoms with Gasteiger partial charge >= 0.3 is 5.97 Å². The second kappa shape index (κ2) is 10.3. The Morgan fingerprint density at radius 3 is 2.43 bits per heavy atom. The van der Waals surface area contributed by atoms with Gasteiger partial charge in [0.2, 0.25) is 5.91 Å². The number of anilines is 2. The van der Waals surface area contributed by atoms with Crippen molar-refractivity contribution in [2.45, 2.75) is 52.2 Å². The van der Waals surface area contributed by atoms with E-state index in [-0.39, 0.29) is 27.2 Å². The van der Waals surface area contributed by atoms with Crippen LogP contribution >= 0.6 is 11.3 Å². The average molecular weight is 590 g/mol. The first-order valence-corrected chi connectivity index (χ1v) is 14.7. The fourth-order valence-electron chi connectivity index (χ4n) is 6.41. The Labute approximate surface area is 246 Å². The summed E-state index contributed by atoms with van der Waals surface area (Å²) in [6.07, 6.45) is 1.01. The number of carbonyl (C=O) groups is 3. The van der Waals surface area contributed by atoms with Gasteiger partial charge in [0.25, 0.3) is 11.6 Å². The molecule has 0 radical (unpaired) electrons.